The summed E-state index contributed by atoms with van der Waals surface area (Å²) in [4.78, 5) is 37.5. The number of anilines is 2. The zero-order chi connectivity index (χ0) is 26.0. The van der Waals surface area contributed by atoms with Crippen molar-refractivity contribution in [1.29, 1.82) is 0 Å². The average molecular weight is 493 g/mol. The van der Waals surface area contributed by atoms with Crippen LogP contribution in [-0.4, -0.2) is 23.9 Å². The summed E-state index contributed by atoms with van der Waals surface area (Å²) in [6.07, 6.45) is 1.40. The molecule has 0 spiro atoms. The molecule has 0 unspecified atom stereocenters. The summed E-state index contributed by atoms with van der Waals surface area (Å²) in [5.74, 6) is -1.08. The van der Waals surface area contributed by atoms with Crippen molar-refractivity contribution in [3.63, 3.8) is 0 Å². The second-order valence-electron chi connectivity index (χ2n) is 8.01. The molecule has 4 rings (SSSR count). The third-order valence-corrected chi connectivity index (χ3v) is 5.12. The monoisotopic (exact) mass is 492 g/mol. The Bertz CT molecular complexity index is 1450. The van der Waals surface area contributed by atoms with Gasteiger partial charge in [-0.05, 0) is 66.6 Å². The van der Waals surface area contributed by atoms with Gasteiger partial charge in [0.2, 0.25) is 0 Å². The summed E-state index contributed by atoms with van der Waals surface area (Å²) in [5, 5.41) is 9.11. The van der Waals surface area contributed by atoms with E-state index in [1.165, 1.54) is 12.3 Å². The van der Waals surface area contributed by atoms with Gasteiger partial charge in [-0.3, -0.25) is 14.4 Å². The number of hydrogen-bond acceptors (Lipinski definition) is 5. The van der Waals surface area contributed by atoms with Crippen molar-refractivity contribution in [3.05, 3.63) is 120 Å². The lowest BCUT2D eigenvalue weighted by atomic mass is 10.1. The second kappa shape index (κ2) is 11.9. The van der Waals surface area contributed by atoms with Crippen molar-refractivity contribution in [1.82, 2.24) is 5.43 Å². The Morgan fingerprint density at radius 1 is 0.730 bits per heavy atom. The van der Waals surface area contributed by atoms with Crippen molar-refractivity contribution in [2.24, 2.45) is 5.10 Å². The van der Waals surface area contributed by atoms with Crippen LogP contribution in [0.15, 0.2) is 108 Å². The van der Waals surface area contributed by atoms with E-state index in [2.05, 4.69) is 21.2 Å². The van der Waals surface area contributed by atoms with Crippen LogP contribution in [-0.2, 0) is 9.59 Å². The van der Waals surface area contributed by atoms with Crippen LogP contribution in [0.5, 0.6) is 11.5 Å². The van der Waals surface area contributed by atoms with Gasteiger partial charge in [0.25, 0.3) is 5.91 Å². The molecule has 3 N–H and O–H groups in total. The van der Waals surface area contributed by atoms with Crippen LogP contribution in [0.2, 0.25) is 0 Å². The summed E-state index contributed by atoms with van der Waals surface area (Å²) in [7, 11) is 0. The number of benzene rings is 4. The van der Waals surface area contributed by atoms with Gasteiger partial charge in [-0.1, -0.05) is 54.6 Å². The molecule has 3 amide bonds. The highest BCUT2D eigenvalue weighted by Gasteiger charge is 2.17. The number of hydrazone groups is 1. The topological polar surface area (TPSA) is 109 Å². The summed E-state index contributed by atoms with van der Waals surface area (Å²) in [6.45, 7) is 1.92. The van der Waals surface area contributed by atoms with E-state index in [9.17, 15) is 14.4 Å². The first-order chi connectivity index (χ1) is 18.0. The number of nitrogens with one attached hydrogen (secondary N) is 3. The number of ether oxygens (including phenoxy) is 1. The quantitative estimate of drug-likeness (QED) is 0.189. The van der Waals surface area contributed by atoms with Gasteiger partial charge in [0.05, 0.1) is 17.5 Å². The Balaban J connectivity index is 1.35. The smallest absolute Gasteiger partial charge is 0.329 e. The molecule has 0 atom stereocenters. The van der Waals surface area contributed by atoms with Gasteiger partial charge >= 0.3 is 11.8 Å². The van der Waals surface area contributed by atoms with Crippen molar-refractivity contribution < 1.29 is 19.1 Å². The Morgan fingerprint density at radius 2 is 1.46 bits per heavy atom. The molecule has 0 aliphatic carbocycles. The van der Waals surface area contributed by atoms with Crippen molar-refractivity contribution in [2.75, 3.05) is 10.6 Å². The Labute approximate surface area is 214 Å². The maximum absolute atomic E-state index is 12.8. The van der Waals surface area contributed by atoms with Crippen LogP contribution < -0.4 is 20.8 Å². The van der Waals surface area contributed by atoms with Gasteiger partial charge in [0.15, 0.2) is 0 Å². The molecule has 184 valence electrons. The Kier molecular flexibility index (Phi) is 8.03. The van der Waals surface area contributed by atoms with Gasteiger partial charge in [0, 0.05) is 5.69 Å². The molecule has 8 heteroatoms. The summed E-state index contributed by atoms with van der Waals surface area (Å²) in [6, 6.07) is 30.2. The van der Waals surface area contributed by atoms with Gasteiger partial charge in [-0.25, -0.2) is 5.43 Å². The van der Waals surface area contributed by atoms with Crippen molar-refractivity contribution in [2.45, 2.75) is 6.92 Å². The fourth-order valence-corrected chi connectivity index (χ4v) is 3.39. The normalized spacial score (nSPS) is 10.5. The number of aryl methyl sites for hydroxylation is 1. The maximum atomic E-state index is 12.8. The average Bonchev–Trinajstić information content (AvgIpc) is 2.90. The molecule has 0 radical (unpaired) electrons. The molecule has 0 saturated carbocycles. The zero-order valence-electron chi connectivity index (χ0n) is 20.0. The lowest BCUT2D eigenvalue weighted by Gasteiger charge is -2.11. The van der Waals surface area contributed by atoms with Crippen LogP contribution >= 0.6 is 0 Å². The summed E-state index contributed by atoms with van der Waals surface area (Å²) >= 11 is 0. The van der Waals surface area contributed by atoms with Gasteiger partial charge in [0.1, 0.15) is 11.5 Å². The first kappa shape index (κ1) is 24.9. The minimum Gasteiger partial charge on any atom is -0.457 e. The van der Waals surface area contributed by atoms with E-state index in [-0.39, 0.29) is 11.3 Å². The van der Waals surface area contributed by atoms with Crippen molar-refractivity contribution in [3.8, 4) is 11.5 Å². The fourth-order valence-electron chi connectivity index (χ4n) is 3.39. The number of carbonyl (C=O) groups is 3. The zero-order valence-corrected chi connectivity index (χ0v) is 20.0. The molecular weight excluding hydrogens is 468 g/mol. The Hall–Kier alpha value is -5.24. The molecule has 4 aromatic rings. The van der Waals surface area contributed by atoms with Crippen molar-refractivity contribution >= 4 is 35.3 Å². The Morgan fingerprint density at radius 3 is 2.27 bits per heavy atom. The molecule has 0 bridgehead atoms. The lowest BCUT2D eigenvalue weighted by Crippen LogP contribution is -2.33. The minimum absolute atomic E-state index is 0.197. The molecule has 0 fully saturated rings. The largest absolute Gasteiger partial charge is 0.457 e. The number of amides is 3. The summed E-state index contributed by atoms with van der Waals surface area (Å²) in [5.41, 5.74) is 4.87. The summed E-state index contributed by atoms with van der Waals surface area (Å²) < 4.78 is 5.78. The van der Waals surface area contributed by atoms with E-state index in [1.807, 2.05) is 55.5 Å². The van der Waals surface area contributed by atoms with E-state index in [4.69, 9.17) is 4.74 Å². The van der Waals surface area contributed by atoms with E-state index in [1.54, 1.807) is 48.5 Å². The van der Waals surface area contributed by atoms with Crippen LogP contribution in [0.3, 0.4) is 0 Å². The molecule has 37 heavy (non-hydrogen) atoms. The van der Waals surface area contributed by atoms with Gasteiger partial charge in [-0.15, -0.1) is 0 Å². The number of nitrogens with zero attached hydrogens (tertiary/aromatic N) is 1. The molecule has 0 saturated heterocycles. The third kappa shape index (κ3) is 7.12. The van der Waals surface area contributed by atoms with Crippen LogP contribution in [0.25, 0.3) is 0 Å². The third-order valence-electron chi connectivity index (χ3n) is 5.12. The molecule has 0 heterocycles. The van der Waals surface area contributed by atoms with Crippen LogP contribution in [0.4, 0.5) is 11.4 Å². The molecule has 4 aromatic carbocycles. The van der Waals surface area contributed by atoms with Gasteiger partial charge < -0.3 is 15.4 Å². The van der Waals surface area contributed by atoms with Crippen LogP contribution in [0, 0.1) is 6.92 Å². The number of hydrogen-bond donors (Lipinski definition) is 3. The first-order valence-electron chi connectivity index (χ1n) is 11.4. The molecule has 0 aromatic heterocycles. The molecule has 0 aliphatic rings. The van der Waals surface area contributed by atoms with E-state index < -0.39 is 17.7 Å². The van der Waals surface area contributed by atoms with E-state index >= 15 is 0 Å². The fraction of sp³-hybridized carbons (Fsp3) is 0.0345. The maximum Gasteiger partial charge on any atom is 0.329 e. The lowest BCUT2D eigenvalue weighted by molar-refractivity contribution is -0.136. The first-order valence-corrected chi connectivity index (χ1v) is 11.4. The van der Waals surface area contributed by atoms with Gasteiger partial charge in [-0.2, -0.15) is 5.10 Å². The standard InChI is InChI=1S/C29H24N4O4/c1-20-9-7-11-22(17-20)31-27(34)25-15-5-6-16-26(25)32-28(35)29(36)33-30-19-21-10-8-14-24(18-21)37-23-12-3-2-4-13-23/h2-19H,1H3,(H,31,34)(H,32,35)(H,33,36)/b30-19-. The molecule has 8 nitrogen and oxygen atoms in total. The number of rotatable bonds is 7. The minimum atomic E-state index is -0.984. The predicted octanol–water partition coefficient (Wildman–Crippen LogP) is 5.13. The number of carbonyl (C=O) groups excluding carboxylic acids is 3. The van der Waals surface area contributed by atoms with E-state index in [0.717, 1.165) is 5.56 Å². The number of para-hydroxylation sites is 2. The SMILES string of the molecule is Cc1cccc(NC(=O)c2ccccc2NC(=O)C(=O)N/N=C\c2cccc(Oc3ccccc3)c2)c1. The highest BCUT2D eigenvalue weighted by atomic mass is 16.5. The van der Waals surface area contributed by atoms with E-state index in [0.29, 0.717) is 22.7 Å². The predicted molar refractivity (Wildman–Crippen MR) is 143 cm³/mol. The molecular formula is C29H24N4O4. The van der Waals surface area contributed by atoms with Crippen LogP contribution in [0.1, 0.15) is 21.5 Å². The molecule has 0 aliphatic heterocycles. The highest BCUT2D eigenvalue weighted by Crippen LogP contribution is 2.21. The highest BCUT2D eigenvalue weighted by molar-refractivity contribution is 6.40. The second-order valence-corrected chi connectivity index (χ2v) is 8.01.